The van der Waals surface area contributed by atoms with Crippen LogP contribution in [0.25, 0.3) is 0 Å². The van der Waals surface area contributed by atoms with Crippen molar-refractivity contribution in [3.63, 3.8) is 0 Å². The molecule has 6 heterocycles. The number of ketones is 1. The van der Waals surface area contributed by atoms with Gasteiger partial charge >= 0.3 is 0 Å². The zero-order chi connectivity index (χ0) is 60.8. The highest BCUT2D eigenvalue weighted by Gasteiger charge is 2.66. The van der Waals surface area contributed by atoms with E-state index in [2.05, 4.69) is 99.0 Å². The fourth-order valence-corrected chi connectivity index (χ4v) is 29.0. The van der Waals surface area contributed by atoms with E-state index in [0.717, 1.165) is 109 Å². The number of nitrogens with one attached hydrogen (secondary N) is 3. The number of allylic oxidation sites excluding steroid dienone is 3. The molecule has 0 aromatic heterocycles. The standard InChI is InChI=1S/C27H41NO2.2C27H43NO/c1-15-11-24-25(28-14-15)17(3)27(30-24)10-8-20-21-6-5-18-12-19(29)7-9-26(18,4)23(21)13-22(20)16(27)2;2*1-16-13-24-25(28-15-16)18(3)27(29-24)12-10-20-21-9-8-19-7-5-6-11-26(19,4)23(21)14-22(20)17(27)2/h15,17-18,20-21,23-25,28H,5-14H2,1-4H3;2*16,18-21,23-25,28H,5-15H2,1-4H3/t15-,17+,18+,20-,21-,23-,24+,25-,26-,27-;2*16-,18+,19-,20-,21-,23-,24+,25-,26-,27-/m000/s1. The third kappa shape index (κ3) is 9.06. The Morgan fingerprint density at radius 1 is 0.386 bits per heavy atom. The molecule has 15 fully saturated rings. The maximum atomic E-state index is 12.2. The van der Waals surface area contributed by atoms with E-state index in [1.807, 2.05) is 11.1 Å². The molecule has 7 heteroatoms. The molecule has 6 aliphatic heterocycles. The van der Waals surface area contributed by atoms with Gasteiger partial charge in [0.1, 0.15) is 5.78 Å². The van der Waals surface area contributed by atoms with Crippen molar-refractivity contribution in [3.8, 4) is 0 Å². The van der Waals surface area contributed by atoms with Crippen LogP contribution in [0.2, 0.25) is 0 Å². The van der Waals surface area contributed by atoms with E-state index in [0.29, 0.717) is 82.1 Å². The van der Waals surface area contributed by atoms with Gasteiger partial charge in [0.25, 0.3) is 0 Å². The van der Waals surface area contributed by atoms with Gasteiger partial charge in [-0.05, 0) is 310 Å². The average Bonchev–Trinajstić information content (AvgIpc) is 1.58. The van der Waals surface area contributed by atoms with Crippen LogP contribution >= 0.6 is 0 Å². The Balaban J connectivity index is 0.000000106. The molecule has 0 unspecified atom stereocenters. The summed E-state index contributed by atoms with van der Waals surface area (Å²) < 4.78 is 21.2. The number of hydrogen-bond acceptors (Lipinski definition) is 7. The molecule has 18 aliphatic rings. The predicted octanol–water partition coefficient (Wildman–Crippen LogP) is 17.5. The fraction of sp³-hybridized carbons (Fsp3) is 0.914. The normalized spacial score (nSPS) is 56.2. The summed E-state index contributed by atoms with van der Waals surface area (Å²) in [6.07, 6.45) is 40.5. The second-order valence-corrected chi connectivity index (χ2v) is 37.2. The summed E-state index contributed by atoms with van der Waals surface area (Å²) in [5.74, 6) is 15.3. The van der Waals surface area contributed by atoms with Gasteiger partial charge in [-0.1, -0.05) is 105 Å². The minimum absolute atomic E-state index is 0.0193. The Hall–Kier alpha value is -1.35. The summed E-state index contributed by atoms with van der Waals surface area (Å²) in [4.78, 5) is 12.2. The summed E-state index contributed by atoms with van der Waals surface area (Å²) >= 11 is 0. The zero-order valence-electron chi connectivity index (χ0n) is 58.1. The molecule has 3 N–H and O–H groups in total. The number of hydrogen-bond donors (Lipinski definition) is 3. The third-order valence-corrected chi connectivity index (χ3v) is 34.0. The summed E-state index contributed by atoms with van der Waals surface area (Å²) in [7, 11) is 0. The molecule has 12 aliphatic carbocycles. The summed E-state index contributed by atoms with van der Waals surface area (Å²) in [6, 6.07) is 1.67. The van der Waals surface area contributed by atoms with Crippen LogP contribution < -0.4 is 16.0 Å². The Morgan fingerprint density at radius 3 is 1.09 bits per heavy atom. The highest BCUT2D eigenvalue weighted by atomic mass is 16.5. The van der Waals surface area contributed by atoms with Gasteiger partial charge in [0.15, 0.2) is 0 Å². The van der Waals surface area contributed by atoms with Gasteiger partial charge in [-0.3, -0.25) is 4.79 Å². The molecule has 88 heavy (non-hydrogen) atoms. The largest absolute Gasteiger partial charge is 0.365 e. The SMILES string of the molecule is CC1=C2C[C@H]3[C@@H](CC[C@@H]4CC(=O)CC[C@@]43C)[C@@H]2CC[C@]12O[C@@H]1C[C@H](C)CN[C@H]1[C@H]2C.CC1=C2C[C@H]3[C@@H](CC[C@@H]4CCCC[C@@]43C)[C@@H]2CC[C@]12O[C@@H]1C[C@H](C)CN[C@H]1[C@H]2C.CC1=C2C[C@H]3[C@@H](CC[C@@H]4CCCC[C@@]43C)[C@@H]2CC[C@]12O[C@@H]1C[C@H](C)CN[C@H]1[C@H]2C. The Labute approximate surface area is 536 Å². The van der Waals surface area contributed by atoms with Crippen LogP contribution in [0, 0.1) is 123 Å². The molecule has 0 bridgehead atoms. The lowest BCUT2D eigenvalue weighted by Gasteiger charge is -2.52. The van der Waals surface area contributed by atoms with Gasteiger partial charge in [-0.2, -0.15) is 0 Å². The molecular formula is C81H127N3O4. The minimum atomic E-state index is -0.0193. The van der Waals surface area contributed by atoms with Crippen molar-refractivity contribution in [3.05, 3.63) is 33.4 Å². The summed E-state index contributed by atoms with van der Waals surface area (Å²) in [5, 5.41) is 11.6. The zero-order valence-corrected chi connectivity index (χ0v) is 58.1. The highest BCUT2D eigenvalue weighted by molar-refractivity contribution is 5.79. The van der Waals surface area contributed by atoms with Crippen LogP contribution in [-0.4, -0.2) is 78.7 Å². The maximum absolute atomic E-state index is 12.2. The molecule has 18 rings (SSSR count). The second kappa shape index (κ2) is 22.4. The maximum Gasteiger partial charge on any atom is 0.133 e. The molecule has 30 atom stereocenters. The van der Waals surface area contributed by atoms with Crippen LogP contribution in [0.1, 0.15) is 269 Å². The van der Waals surface area contributed by atoms with E-state index in [1.165, 1.54) is 180 Å². The van der Waals surface area contributed by atoms with Crippen LogP contribution in [-0.2, 0) is 19.0 Å². The van der Waals surface area contributed by atoms with Crippen molar-refractivity contribution < 1.29 is 19.0 Å². The van der Waals surface area contributed by atoms with E-state index in [9.17, 15) is 4.79 Å². The number of Topliss-reactive ketones (excluding diaryl/α,β-unsaturated/α-hetero) is 1. The molecule has 3 spiro atoms. The molecular weight excluding hydrogens is 1080 g/mol. The van der Waals surface area contributed by atoms with E-state index < -0.39 is 0 Å². The number of fused-ring (bicyclic) bond motifs is 18. The Bertz CT molecular complexity index is 2680. The van der Waals surface area contributed by atoms with Crippen molar-refractivity contribution in [2.75, 3.05) is 19.6 Å². The van der Waals surface area contributed by atoms with Crippen LogP contribution in [0.5, 0.6) is 0 Å². The molecule has 7 nitrogen and oxygen atoms in total. The molecule has 0 radical (unpaired) electrons. The quantitative estimate of drug-likeness (QED) is 0.209. The molecule has 0 aromatic rings. The molecule has 0 aromatic carbocycles. The first-order valence-electron chi connectivity index (χ1n) is 39.1. The van der Waals surface area contributed by atoms with E-state index in [1.54, 1.807) is 22.3 Å². The number of carbonyl (C=O) groups excluding carboxylic acids is 1. The Morgan fingerprint density at radius 2 is 0.727 bits per heavy atom. The topological polar surface area (TPSA) is 80.9 Å². The molecule has 9 saturated carbocycles. The lowest BCUT2D eigenvalue weighted by Crippen LogP contribution is -2.49. The summed E-state index contributed by atoms with van der Waals surface area (Å²) in [5.41, 5.74) is 12.2. The number of rotatable bonds is 0. The third-order valence-electron chi connectivity index (χ3n) is 34.0. The second-order valence-electron chi connectivity index (χ2n) is 37.2. The fourth-order valence-electron chi connectivity index (χ4n) is 29.0. The molecule has 490 valence electrons. The number of ether oxygens (including phenoxy) is 3. The van der Waals surface area contributed by atoms with E-state index in [4.69, 9.17) is 14.2 Å². The van der Waals surface area contributed by atoms with Gasteiger partial charge in [-0.15, -0.1) is 0 Å². The van der Waals surface area contributed by atoms with Crippen LogP contribution in [0.3, 0.4) is 0 Å². The first kappa shape index (κ1) is 61.5. The van der Waals surface area contributed by atoms with Crippen molar-refractivity contribution in [2.24, 2.45) is 123 Å². The number of piperidine rings is 3. The first-order chi connectivity index (χ1) is 42.2. The lowest BCUT2D eigenvalue weighted by atomic mass is 9.52. The van der Waals surface area contributed by atoms with E-state index in [-0.39, 0.29) is 16.8 Å². The lowest BCUT2D eigenvalue weighted by molar-refractivity contribution is -0.129. The predicted molar refractivity (Wildman–Crippen MR) is 356 cm³/mol. The summed E-state index contributed by atoms with van der Waals surface area (Å²) in [6.45, 7) is 33.5. The van der Waals surface area contributed by atoms with Gasteiger partial charge in [0, 0.05) is 48.7 Å². The molecule has 6 saturated heterocycles. The van der Waals surface area contributed by atoms with Crippen molar-refractivity contribution in [1.82, 2.24) is 16.0 Å². The van der Waals surface area contributed by atoms with Crippen molar-refractivity contribution >= 4 is 5.78 Å². The van der Waals surface area contributed by atoms with Gasteiger partial charge < -0.3 is 30.2 Å². The number of carbonyl (C=O) groups is 1. The highest BCUT2D eigenvalue weighted by Crippen LogP contribution is 2.70. The van der Waals surface area contributed by atoms with Crippen LogP contribution in [0.4, 0.5) is 0 Å². The van der Waals surface area contributed by atoms with Crippen molar-refractivity contribution in [1.29, 1.82) is 0 Å². The van der Waals surface area contributed by atoms with Gasteiger partial charge in [0.2, 0.25) is 0 Å². The minimum Gasteiger partial charge on any atom is -0.365 e. The van der Waals surface area contributed by atoms with Gasteiger partial charge in [-0.25, -0.2) is 0 Å². The first-order valence-corrected chi connectivity index (χ1v) is 39.1. The van der Waals surface area contributed by atoms with Crippen molar-refractivity contribution in [2.45, 2.75) is 323 Å². The molecule has 0 amide bonds. The van der Waals surface area contributed by atoms with Gasteiger partial charge in [0.05, 0.1) is 35.1 Å². The smallest absolute Gasteiger partial charge is 0.133 e. The van der Waals surface area contributed by atoms with Crippen LogP contribution in [0.15, 0.2) is 33.4 Å². The average molecular weight is 1210 g/mol. The Kier molecular flexibility index (Phi) is 15.6. The monoisotopic (exact) mass is 1210 g/mol. The van der Waals surface area contributed by atoms with E-state index >= 15 is 0 Å².